The van der Waals surface area contributed by atoms with Crippen LogP contribution in [-0.4, -0.2) is 25.7 Å². The molecule has 0 spiro atoms. The number of benzene rings is 3. The molecule has 1 aromatic heterocycles. The van der Waals surface area contributed by atoms with E-state index in [1.54, 1.807) is 48.5 Å². The average Bonchev–Trinajstić information content (AvgIpc) is 3.22. The smallest absolute Gasteiger partial charge is 0.261 e. The van der Waals surface area contributed by atoms with Crippen molar-refractivity contribution in [1.82, 2.24) is 10.1 Å². The Kier molecular flexibility index (Phi) is 5.68. The van der Waals surface area contributed by atoms with Gasteiger partial charge < -0.3 is 9.26 Å². The summed E-state index contributed by atoms with van der Waals surface area (Å²) in [5, 5.41) is 3.94. The first-order valence-corrected chi connectivity index (χ1v) is 10.8. The van der Waals surface area contributed by atoms with Gasteiger partial charge in [0.2, 0.25) is 11.7 Å². The summed E-state index contributed by atoms with van der Waals surface area (Å²) in [6, 6.07) is 18.9. The Bertz CT molecular complexity index is 1290. The minimum absolute atomic E-state index is 0.123. The van der Waals surface area contributed by atoms with Crippen molar-refractivity contribution in [3.05, 3.63) is 90.1 Å². The molecule has 31 heavy (non-hydrogen) atoms. The van der Waals surface area contributed by atoms with Crippen molar-refractivity contribution in [2.45, 2.75) is 11.3 Å². The third-order valence-corrected chi connectivity index (χ3v) is 5.87. The Labute approximate surface area is 178 Å². The van der Waals surface area contributed by atoms with Crippen LogP contribution in [0.5, 0.6) is 5.75 Å². The Hall–Kier alpha value is -3.72. The molecule has 0 fully saturated rings. The lowest BCUT2D eigenvalue weighted by Gasteiger charge is -2.09. The molecule has 7 nitrogen and oxygen atoms in total. The van der Waals surface area contributed by atoms with Crippen LogP contribution in [0.2, 0.25) is 0 Å². The molecule has 0 aliphatic rings. The number of hydrogen-bond acceptors (Lipinski definition) is 6. The second-order valence-electron chi connectivity index (χ2n) is 6.68. The van der Waals surface area contributed by atoms with Gasteiger partial charge in [-0.25, -0.2) is 12.8 Å². The molecule has 1 heterocycles. The van der Waals surface area contributed by atoms with Gasteiger partial charge in [0.25, 0.3) is 10.0 Å². The normalized spacial score (nSPS) is 11.3. The van der Waals surface area contributed by atoms with Gasteiger partial charge in [0.15, 0.2) is 0 Å². The van der Waals surface area contributed by atoms with E-state index in [0.29, 0.717) is 35.1 Å². The van der Waals surface area contributed by atoms with E-state index < -0.39 is 10.0 Å². The second kappa shape index (κ2) is 8.57. The zero-order chi connectivity index (χ0) is 21.8. The molecule has 0 amide bonds. The molecule has 158 valence electrons. The first-order chi connectivity index (χ1) is 14.9. The Balaban J connectivity index is 1.46. The molecule has 0 bridgehead atoms. The Morgan fingerprint density at radius 2 is 1.77 bits per heavy atom. The number of sulfonamides is 1. The third-order valence-electron chi connectivity index (χ3n) is 4.48. The number of rotatable bonds is 7. The lowest BCUT2D eigenvalue weighted by molar-refractivity contribution is 0.385. The van der Waals surface area contributed by atoms with E-state index in [2.05, 4.69) is 14.9 Å². The maximum Gasteiger partial charge on any atom is 0.261 e. The highest BCUT2D eigenvalue weighted by atomic mass is 32.2. The van der Waals surface area contributed by atoms with E-state index in [0.717, 1.165) is 5.56 Å². The highest BCUT2D eigenvalue weighted by Gasteiger charge is 2.15. The van der Waals surface area contributed by atoms with Crippen molar-refractivity contribution < 1.29 is 22.1 Å². The summed E-state index contributed by atoms with van der Waals surface area (Å²) in [5.74, 6) is 0.950. The van der Waals surface area contributed by atoms with Crippen molar-refractivity contribution in [3.63, 3.8) is 0 Å². The van der Waals surface area contributed by atoms with Gasteiger partial charge >= 0.3 is 0 Å². The molecule has 0 saturated heterocycles. The highest BCUT2D eigenvalue weighted by Crippen LogP contribution is 2.23. The van der Waals surface area contributed by atoms with Crippen molar-refractivity contribution >= 4 is 15.7 Å². The van der Waals surface area contributed by atoms with Gasteiger partial charge in [-0.3, -0.25) is 4.72 Å². The minimum Gasteiger partial charge on any atom is -0.497 e. The molecule has 9 heteroatoms. The van der Waals surface area contributed by atoms with Gasteiger partial charge in [0.05, 0.1) is 18.4 Å². The van der Waals surface area contributed by atoms with E-state index in [-0.39, 0.29) is 10.7 Å². The summed E-state index contributed by atoms with van der Waals surface area (Å²) in [4.78, 5) is 4.45. The van der Waals surface area contributed by atoms with E-state index in [1.165, 1.54) is 31.4 Å². The van der Waals surface area contributed by atoms with Crippen LogP contribution < -0.4 is 9.46 Å². The van der Waals surface area contributed by atoms with Crippen LogP contribution in [0.25, 0.3) is 11.4 Å². The molecule has 0 aliphatic heterocycles. The fourth-order valence-corrected chi connectivity index (χ4v) is 3.98. The third kappa shape index (κ3) is 4.89. The second-order valence-corrected chi connectivity index (χ2v) is 8.36. The quantitative estimate of drug-likeness (QED) is 0.462. The number of nitrogens with one attached hydrogen (secondary N) is 1. The van der Waals surface area contributed by atoms with Crippen molar-refractivity contribution in [3.8, 4) is 17.1 Å². The summed E-state index contributed by atoms with van der Waals surface area (Å²) in [6.07, 6.45) is 0.310. The first-order valence-electron chi connectivity index (χ1n) is 9.27. The maximum absolute atomic E-state index is 13.3. The fourth-order valence-electron chi connectivity index (χ4n) is 2.92. The van der Waals surface area contributed by atoms with Gasteiger partial charge in [-0.15, -0.1) is 0 Å². The summed E-state index contributed by atoms with van der Waals surface area (Å²) < 4.78 is 51.2. The number of ether oxygens (including phenoxy) is 1. The summed E-state index contributed by atoms with van der Waals surface area (Å²) in [7, 11) is -2.22. The standard InChI is InChI=1S/C22H18FN3O4S/c1-29-19-9-11-20(12-10-19)31(27,28)26-18-7-5-16(6-8-18)22-24-21(30-25-22)14-15-3-2-4-17(23)13-15/h2-13,26H,14H2,1H3. The maximum atomic E-state index is 13.3. The Morgan fingerprint density at radius 3 is 2.45 bits per heavy atom. The highest BCUT2D eigenvalue weighted by molar-refractivity contribution is 7.92. The van der Waals surface area contributed by atoms with Crippen molar-refractivity contribution in [2.24, 2.45) is 0 Å². The zero-order valence-corrected chi connectivity index (χ0v) is 17.3. The lowest BCUT2D eigenvalue weighted by Crippen LogP contribution is -2.12. The van der Waals surface area contributed by atoms with Crippen LogP contribution >= 0.6 is 0 Å². The molecule has 1 N–H and O–H groups in total. The number of aromatic nitrogens is 2. The van der Waals surface area contributed by atoms with Crippen molar-refractivity contribution in [1.29, 1.82) is 0 Å². The monoisotopic (exact) mass is 439 g/mol. The van der Waals surface area contributed by atoms with Gasteiger partial charge in [-0.2, -0.15) is 4.98 Å². The molecule has 0 aliphatic carbocycles. The van der Waals surface area contributed by atoms with Gasteiger partial charge in [-0.05, 0) is 66.2 Å². The number of halogens is 1. The molecule has 0 unspecified atom stereocenters. The van der Waals surface area contributed by atoms with Crippen LogP contribution in [0, 0.1) is 5.82 Å². The molecule has 4 aromatic rings. The van der Waals surface area contributed by atoms with E-state index in [4.69, 9.17) is 9.26 Å². The lowest BCUT2D eigenvalue weighted by atomic mass is 10.1. The molecular weight excluding hydrogens is 421 g/mol. The predicted octanol–water partition coefficient (Wildman–Crippen LogP) is 4.28. The van der Waals surface area contributed by atoms with Crippen molar-refractivity contribution in [2.75, 3.05) is 11.8 Å². The number of hydrogen-bond donors (Lipinski definition) is 1. The largest absolute Gasteiger partial charge is 0.497 e. The molecule has 0 radical (unpaired) electrons. The van der Waals surface area contributed by atoms with E-state index in [9.17, 15) is 12.8 Å². The Morgan fingerprint density at radius 1 is 1.03 bits per heavy atom. The van der Waals surface area contributed by atoms with Gasteiger partial charge in [0.1, 0.15) is 11.6 Å². The molecule has 4 rings (SSSR count). The molecule has 0 saturated carbocycles. The number of nitrogens with zero attached hydrogens (tertiary/aromatic N) is 2. The number of anilines is 1. The molecule has 0 atom stereocenters. The van der Waals surface area contributed by atoms with Gasteiger partial charge in [-0.1, -0.05) is 17.3 Å². The SMILES string of the molecule is COc1ccc(S(=O)(=O)Nc2ccc(-c3noc(Cc4cccc(F)c4)n3)cc2)cc1. The van der Waals surface area contributed by atoms with Crippen LogP contribution in [0.15, 0.2) is 82.2 Å². The van der Waals surface area contributed by atoms with Crippen LogP contribution in [0.4, 0.5) is 10.1 Å². The molecule has 3 aromatic carbocycles. The average molecular weight is 439 g/mol. The van der Waals surface area contributed by atoms with Gasteiger partial charge in [0, 0.05) is 11.3 Å². The van der Waals surface area contributed by atoms with E-state index >= 15 is 0 Å². The fraction of sp³-hybridized carbons (Fsp3) is 0.0909. The first kappa shape index (κ1) is 20.5. The van der Waals surface area contributed by atoms with Crippen LogP contribution in [-0.2, 0) is 16.4 Å². The molecular formula is C22H18FN3O4S. The topological polar surface area (TPSA) is 94.3 Å². The predicted molar refractivity (Wildman–Crippen MR) is 113 cm³/mol. The summed E-state index contributed by atoms with van der Waals surface area (Å²) in [5.41, 5.74) is 1.77. The number of methoxy groups -OCH3 is 1. The van der Waals surface area contributed by atoms with Crippen LogP contribution in [0.1, 0.15) is 11.5 Å². The van der Waals surface area contributed by atoms with E-state index in [1.807, 2.05) is 0 Å². The minimum atomic E-state index is -3.74. The summed E-state index contributed by atoms with van der Waals surface area (Å²) in [6.45, 7) is 0. The van der Waals surface area contributed by atoms with Crippen LogP contribution in [0.3, 0.4) is 0 Å². The zero-order valence-electron chi connectivity index (χ0n) is 16.4. The summed E-state index contributed by atoms with van der Waals surface area (Å²) >= 11 is 0.